The molecule has 6 heteroatoms. The number of benzene rings is 1. The molecule has 0 aliphatic heterocycles. The van der Waals surface area contributed by atoms with Crippen molar-refractivity contribution in [2.24, 2.45) is 5.73 Å². The van der Waals surface area contributed by atoms with Gasteiger partial charge in [0, 0.05) is 0 Å². The lowest BCUT2D eigenvalue weighted by Crippen LogP contribution is -2.12. The number of nitrogens with one attached hydrogen (secondary N) is 1. The van der Waals surface area contributed by atoms with E-state index in [-0.39, 0.29) is 4.99 Å². The highest BCUT2D eigenvalue weighted by Crippen LogP contribution is 2.31. The zero-order valence-corrected chi connectivity index (χ0v) is 12.3. The van der Waals surface area contributed by atoms with Crippen LogP contribution in [0, 0.1) is 0 Å². The average Bonchev–Trinajstić information content (AvgIpc) is 2.35. The number of hydrogen-bond donors (Lipinski definition) is 2. The summed E-state index contributed by atoms with van der Waals surface area (Å²) in [6.07, 6.45) is 0. The lowest BCUT2D eigenvalue weighted by molar-refractivity contribution is 1.28. The first-order valence-electron chi connectivity index (χ1n) is 5.06. The van der Waals surface area contributed by atoms with E-state index in [0.717, 1.165) is 10.2 Å². The van der Waals surface area contributed by atoms with Gasteiger partial charge in [-0.3, -0.25) is 0 Å². The minimum atomic E-state index is 0.267. The van der Waals surface area contributed by atoms with Gasteiger partial charge in [-0.1, -0.05) is 36.0 Å². The van der Waals surface area contributed by atoms with Crippen molar-refractivity contribution in [1.29, 1.82) is 0 Å². The van der Waals surface area contributed by atoms with Gasteiger partial charge in [0.15, 0.2) is 0 Å². The molecule has 0 saturated heterocycles. The Kier molecular flexibility index (Phi) is 4.16. The summed E-state index contributed by atoms with van der Waals surface area (Å²) in [5, 5.41) is 3.78. The molecule has 18 heavy (non-hydrogen) atoms. The molecule has 0 amide bonds. The quantitative estimate of drug-likeness (QED) is 0.831. The molecule has 3 nitrogen and oxygen atoms in total. The van der Waals surface area contributed by atoms with E-state index in [1.165, 1.54) is 0 Å². The van der Waals surface area contributed by atoms with Crippen LogP contribution in [0.25, 0.3) is 0 Å². The number of rotatable bonds is 3. The number of thiocarbonyl (C=S) groups is 1. The van der Waals surface area contributed by atoms with Crippen molar-refractivity contribution < 1.29 is 0 Å². The van der Waals surface area contributed by atoms with Gasteiger partial charge in [0.2, 0.25) is 0 Å². The molecule has 1 aromatic heterocycles. The Morgan fingerprint density at radius 3 is 2.72 bits per heavy atom. The summed E-state index contributed by atoms with van der Waals surface area (Å²) in [5.74, 6) is 0.656. The van der Waals surface area contributed by atoms with Crippen LogP contribution >= 0.6 is 39.7 Å². The number of nitrogens with zero attached hydrogens (tertiary/aromatic N) is 1. The fraction of sp³-hybridized carbons (Fsp3) is 0. The third-order valence-electron chi connectivity index (χ3n) is 2.22. The predicted molar refractivity (Wildman–Crippen MR) is 82.6 cm³/mol. The third kappa shape index (κ3) is 2.98. The monoisotopic (exact) mass is 341 g/mol. The standard InChI is InChI=1S/C12H9BrClN3S/c13-11-7(14)3-1-4-8(11)16-10-6-2-5-9(17-10)12(15)18/h1-6H,(H2,15,18)(H,16,17). The van der Waals surface area contributed by atoms with Crippen LogP contribution in [0.3, 0.4) is 0 Å². The summed E-state index contributed by atoms with van der Waals surface area (Å²) < 4.78 is 0.786. The van der Waals surface area contributed by atoms with E-state index < -0.39 is 0 Å². The Morgan fingerprint density at radius 2 is 2.00 bits per heavy atom. The lowest BCUT2D eigenvalue weighted by atomic mass is 10.3. The Morgan fingerprint density at radius 1 is 1.28 bits per heavy atom. The number of halogens is 2. The van der Waals surface area contributed by atoms with Crippen molar-refractivity contribution in [3.63, 3.8) is 0 Å². The minimum Gasteiger partial charge on any atom is -0.388 e. The summed E-state index contributed by atoms with van der Waals surface area (Å²) in [5.41, 5.74) is 6.95. The summed E-state index contributed by atoms with van der Waals surface area (Å²) in [6, 6.07) is 11.0. The zero-order valence-electron chi connectivity index (χ0n) is 9.15. The second-order valence-electron chi connectivity index (χ2n) is 3.50. The van der Waals surface area contributed by atoms with Crippen LogP contribution in [0.5, 0.6) is 0 Å². The van der Waals surface area contributed by atoms with Crippen molar-refractivity contribution in [3.8, 4) is 0 Å². The maximum absolute atomic E-state index is 6.01. The molecule has 0 unspecified atom stereocenters. The van der Waals surface area contributed by atoms with Crippen LogP contribution in [-0.4, -0.2) is 9.97 Å². The summed E-state index contributed by atoms with van der Waals surface area (Å²) in [6.45, 7) is 0. The maximum Gasteiger partial charge on any atom is 0.131 e. The van der Waals surface area contributed by atoms with Gasteiger partial charge in [-0.05, 0) is 40.2 Å². The maximum atomic E-state index is 6.01. The SMILES string of the molecule is NC(=S)c1cccc(Nc2cccc(Cl)c2Br)n1. The molecule has 0 bridgehead atoms. The Labute approximate surface area is 123 Å². The van der Waals surface area contributed by atoms with Gasteiger partial charge in [0.1, 0.15) is 10.8 Å². The molecule has 1 aromatic carbocycles. The number of aromatic nitrogens is 1. The molecular formula is C12H9BrClN3S. The zero-order chi connectivity index (χ0) is 13.1. The van der Waals surface area contributed by atoms with Crippen LogP contribution in [0.4, 0.5) is 11.5 Å². The van der Waals surface area contributed by atoms with E-state index in [0.29, 0.717) is 16.5 Å². The fourth-order valence-electron chi connectivity index (χ4n) is 1.38. The molecule has 92 valence electrons. The molecule has 0 aliphatic rings. The molecule has 0 atom stereocenters. The van der Waals surface area contributed by atoms with Gasteiger partial charge < -0.3 is 11.1 Å². The molecule has 2 rings (SSSR count). The van der Waals surface area contributed by atoms with E-state index in [4.69, 9.17) is 29.6 Å². The van der Waals surface area contributed by atoms with Crippen molar-refractivity contribution in [2.45, 2.75) is 0 Å². The molecule has 0 spiro atoms. The Balaban J connectivity index is 2.31. The largest absolute Gasteiger partial charge is 0.388 e. The molecule has 0 fully saturated rings. The molecule has 0 radical (unpaired) electrons. The minimum absolute atomic E-state index is 0.267. The van der Waals surface area contributed by atoms with Gasteiger partial charge in [-0.2, -0.15) is 0 Å². The summed E-state index contributed by atoms with van der Waals surface area (Å²) in [7, 11) is 0. The molecule has 1 heterocycles. The average molecular weight is 343 g/mol. The number of hydrogen-bond acceptors (Lipinski definition) is 3. The lowest BCUT2D eigenvalue weighted by Gasteiger charge is -2.09. The van der Waals surface area contributed by atoms with E-state index in [2.05, 4.69) is 26.2 Å². The van der Waals surface area contributed by atoms with Crippen molar-refractivity contribution >= 4 is 56.2 Å². The third-order valence-corrected chi connectivity index (χ3v) is 3.82. The molecular weight excluding hydrogens is 334 g/mol. The second kappa shape index (κ2) is 5.65. The number of anilines is 2. The first kappa shape index (κ1) is 13.3. The summed E-state index contributed by atoms with van der Waals surface area (Å²) >= 11 is 14.3. The van der Waals surface area contributed by atoms with Crippen molar-refractivity contribution in [1.82, 2.24) is 4.98 Å². The van der Waals surface area contributed by atoms with Crippen molar-refractivity contribution in [2.75, 3.05) is 5.32 Å². The smallest absolute Gasteiger partial charge is 0.131 e. The van der Waals surface area contributed by atoms with E-state index in [9.17, 15) is 0 Å². The van der Waals surface area contributed by atoms with Gasteiger partial charge >= 0.3 is 0 Å². The number of nitrogens with two attached hydrogens (primary N) is 1. The first-order valence-corrected chi connectivity index (χ1v) is 6.64. The Hall–Kier alpha value is -1.17. The van der Waals surface area contributed by atoms with Crippen LogP contribution in [0.1, 0.15) is 5.69 Å². The first-order chi connectivity index (χ1) is 8.58. The molecule has 3 N–H and O–H groups in total. The van der Waals surface area contributed by atoms with Crippen LogP contribution in [-0.2, 0) is 0 Å². The van der Waals surface area contributed by atoms with E-state index in [1.807, 2.05) is 24.3 Å². The number of pyridine rings is 1. The normalized spacial score (nSPS) is 10.1. The van der Waals surface area contributed by atoms with Crippen LogP contribution < -0.4 is 11.1 Å². The Bertz CT molecular complexity index is 604. The molecule has 2 aromatic rings. The van der Waals surface area contributed by atoms with Crippen LogP contribution in [0.15, 0.2) is 40.9 Å². The van der Waals surface area contributed by atoms with Gasteiger partial charge in [0.05, 0.1) is 20.9 Å². The fourth-order valence-corrected chi connectivity index (χ4v) is 2.03. The van der Waals surface area contributed by atoms with Crippen molar-refractivity contribution in [3.05, 3.63) is 51.6 Å². The topological polar surface area (TPSA) is 50.9 Å². The highest BCUT2D eigenvalue weighted by Gasteiger charge is 2.05. The highest BCUT2D eigenvalue weighted by atomic mass is 79.9. The second-order valence-corrected chi connectivity index (χ2v) is 5.14. The summed E-state index contributed by atoms with van der Waals surface area (Å²) in [4.78, 5) is 4.56. The van der Waals surface area contributed by atoms with Gasteiger partial charge in [-0.25, -0.2) is 4.98 Å². The van der Waals surface area contributed by atoms with Gasteiger partial charge in [0.25, 0.3) is 0 Å². The van der Waals surface area contributed by atoms with E-state index >= 15 is 0 Å². The van der Waals surface area contributed by atoms with Gasteiger partial charge in [-0.15, -0.1) is 0 Å². The predicted octanol–water partition coefficient (Wildman–Crippen LogP) is 3.88. The van der Waals surface area contributed by atoms with E-state index in [1.54, 1.807) is 12.1 Å². The van der Waals surface area contributed by atoms with Crippen LogP contribution in [0.2, 0.25) is 5.02 Å². The highest BCUT2D eigenvalue weighted by molar-refractivity contribution is 9.10. The molecule has 0 saturated carbocycles. The molecule has 0 aliphatic carbocycles.